The predicted octanol–water partition coefficient (Wildman–Crippen LogP) is 1.10. The molecule has 4 heteroatoms. The number of carbonyl (C=O) groups excluding carboxylic acids is 1. The van der Waals surface area contributed by atoms with Crippen molar-refractivity contribution in [3.63, 3.8) is 0 Å². The van der Waals surface area contributed by atoms with Crippen LogP contribution in [-0.4, -0.2) is 42.0 Å². The SMILES string of the molecule is CCC(N)CC(=O)NC1CCN(C(C)C)CC1. The van der Waals surface area contributed by atoms with Crippen LogP contribution in [0.15, 0.2) is 0 Å². The number of likely N-dealkylation sites (tertiary alicyclic amines) is 1. The lowest BCUT2D eigenvalue weighted by Gasteiger charge is -2.35. The molecule has 4 nitrogen and oxygen atoms in total. The van der Waals surface area contributed by atoms with Gasteiger partial charge in [-0.25, -0.2) is 0 Å². The van der Waals surface area contributed by atoms with Gasteiger partial charge < -0.3 is 16.0 Å². The van der Waals surface area contributed by atoms with Crippen LogP contribution in [0, 0.1) is 0 Å². The molecule has 1 rings (SSSR count). The summed E-state index contributed by atoms with van der Waals surface area (Å²) in [6.45, 7) is 8.63. The monoisotopic (exact) mass is 241 g/mol. The Balaban J connectivity index is 2.23. The third-order valence-electron chi connectivity index (χ3n) is 3.60. The minimum absolute atomic E-state index is 0.00533. The fourth-order valence-corrected chi connectivity index (χ4v) is 2.23. The van der Waals surface area contributed by atoms with E-state index in [4.69, 9.17) is 5.73 Å². The maximum Gasteiger partial charge on any atom is 0.221 e. The molecule has 0 aromatic rings. The summed E-state index contributed by atoms with van der Waals surface area (Å²) in [6.07, 6.45) is 3.44. The molecule has 0 bridgehead atoms. The van der Waals surface area contributed by atoms with Gasteiger partial charge in [-0.05, 0) is 33.1 Å². The molecule has 0 spiro atoms. The molecule has 0 saturated carbocycles. The molecule has 0 aromatic heterocycles. The number of amides is 1. The van der Waals surface area contributed by atoms with Crippen molar-refractivity contribution in [3.8, 4) is 0 Å². The zero-order chi connectivity index (χ0) is 12.8. The first kappa shape index (κ1) is 14.5. The molecule has 1 saturated heterocycles. The van der Waals surface area contributed by atoms with Gasteiger partial charge >= 0.3 is 0 Å². The third-order valence-corrected chi connectivity index (χ3v) is 3.60. The van der Waals surface area contributed by atoms with Crippen LogP contribution in [0.3, 0.4) is 0 Å². The Bertz CT molecular complexity index is 235. The first-order valence-corrected chi connectivity index (χ1v) is 6.82. The van der Waals surface area contributed by atoms with Gasteiger partial charge in [0.2, 0.25) is 5.91 Å². The second kappa shape index (κ2) is 6.97. The molecule has 0 radical (unpaired) electrons. The molecule has 0 aliphatic carbocycles. The number of nitrogens with zero attached hydrogens (tertiary/aromatic N) is 1. The Morgan fingerprint density at radius 3 is 2.47 bits per heavy atom. The summed E-state index contributed by atoms with van der Waals surface area (Å²) in [6, 6.07) is 0.965. The highest BCUT2D eigenvalue weighted by Crippen LogP contribution is 2.13. The minimum atomic E-state index is 0.00533. The normalized spacial score (nSPS) is 20.5. The van der Waals surface area contributed by atoms with Crippen molar-refractivity contribution in [2.75, 3.05) is 13.1 Å². The number of hydrogen-bond acceptors (Lipinski definition) is 3. The molecule has 1 atom stereocenters. The van der Waals surface area contributed by atoms with Crippen LogP contribution in [0.5, 0.6) is 0 Å². The maximum absolute atomic E-state index is 11.7. The lowest BCUT2D eigenvalue weighted by Crippen LogP contribution is -2.47. The summed E-state index contributed by atoms with van der Waals surface area (Å²) in [5, 5.41) is 3.10. The highest BCUT2D eigenvalue weighted by molar-refractivity contribution is 5.76. The molecule has 1 aliphatic rings. The zero-order valence-electron chi connectivity index (χ0n) is 11.4. The molecule has 1 unspecified atom stereocenters. The number of carbonyl (C=O) groups is 1. The molecule has 3 N–H and O–H groups in total. The predicted molar refractivity (Wildman–Crippen MR) is 70.8 cm³/mol. The molecular weight excluding hydrogens is 214 g/mol. The lowest BCUT2D eigenvalue weighted by atomic mass is 10.0. The standard InChI is InChI=1S/C13H27N3O/c1-4-11(14)9-13(17)15-12-5-7-16(8-6-12)10(2)3/h10-12H,4-9,14H2,1-3H3,(H,15,17). The summed E-state index contributed by atoms with van der Waals surface area (Å²) in [7, 11) is 0. The maximum atomic E-state index is 11.7. The van der Waals surface area contributed by atoms with E-state index < -0.39 is 0 Å². The molecule has 17 heavy (non-hydrogen) atoms. The van der Waals surface area contributed by atoms with Crippen molar-refractivity contribution < 1.29 is 4.79 Å². The fraction of sp³-hybridized carbons (Fsp3) is 0.923. The summed E-state index contributed by atoms with van der Waals surface area (Å²) in [5.74, 6) is 0.113. The van der Waals surface area contributed by atoms with Crippen LogP contribution in [0.25, 0.3) is 0 Å². The second-order valence-corrected chi connectivity index (χ2v) is 5.34. The Morgan fingerprint density at radius 1 is 1.41 bits per heavy atom. The van der Waals surface area contributed by atoms with Crippen molar-refractivity contribution in [2.24, 2.45) is 5.73 Å². The van der Waals surface area contributed by atoms with Crippen molar-refractivity contribution >= 4 is 5.91 Å². The van der Waals surface area contributed by atoms with Crippen molar-refractivity contribution in [2.45, 2.75) is 64.6 Å². The first-order chi connectivity index (χ1) is 8.02. The second-order valence-electron chi connectivity index (χ2n) is 5.34. The molecule has 1 amide bonds. The van der Waals surface area contributed by atoms with Gasteiger partial charge in [0.15, 0.2) is 0 Å². The average Bonchev–Trinajstić information content (AvgIpc) is 2.29. The van der Waals surface area contributed by atoms with E-state index >= 15 is 0 Å². The first-order valence-electron chi connectivity index (χ1n) is 6.82. The summed E-state index contributed by atoms with van der Waals surface area (Å²) in [4.78, 5) is 14.2. The highest BCUT2D eigenvalue weighted by Gasteiger charge is 2.22. The summed E-state index contributed by atoms with van der Waals surface area (Å²) >= 11 is 0. The van der Waals surface area contributed by atoms with Crippen molar-refractivity contribution in [1.29, 1.82) is 0 Å². The van der Waals surface area contributed by atoms with Crippen molar-refractivity contribution in [1.82, 2.24) is 10.2 Å². The van der Waals surface area contributed by atoms with Crippen LogP contribution < -0.4 is 11.1 Å². The fourth-order valence-electron chi connectivity index (χ4n) is 2.23. The van der Waals surface area contributed by atoms with E-state index in [-0.39, 0.29) is 11.9 Å². The van der Waals surface area contributed by atoms with E-state index in [2.05, 4.69) is 24.1 Å². The van der Waals surface area contributed by atoms with E-state index in [0.717, 1.165) is 32.4 Å². The minimum Gasteiger partial charge on any atom is -0.353 e. The molecule has 0 aromatic carbocycles. The highest BCUT2D eigenvalue weighted by atomic mass is 16.1. The average molecular weight is 241 g/mol. The van der Waals surface area contributed by atoms with Gasteiger partial charge in [0.05, 0.1) is 0 Å². The lowest BCUT2D eigenvalue weighted by molar-refractivity contribution is -0.122. The number of nitrogens with two attached hydrogens (primary N) is 1. The molecular formula is C13H27N3O. The van der Waals surface area contributed by atoms with Gasteiger partial charge in [0, 0.05) is 37.6 Å². The van der Waals surface area contributed by atoms with Crippen LogP contribution in [0.2, 0.25) is 0 Å². The Hall–Kier alpha value is -0.610. The van der Waals surface area contributed by atoms with Gasteiger partial charge in [-0.15, -0.1) is 0 Å². The largest absolute Gasteiger partial charge is 0.353 e. The van der Waals surface area contributed by atoms with E-state index in [1.807, 2.05) is 6.92 Å². The van der Waals surface area contributed by atoms with Gasteiger partial charge in [-0.1, -0.05) is 6.92 Å². The Kier molecular flexibility index (Phi) is 5.92. The Morgan fingerprint density at radius 2 is 2.00 bits per heavy atom. The molecule has 1 fully saturated rings. The van der Waals surface area contributed by atoms with Gasteiger partial charge in [0.1, 0.15) is 0 Å². The molecule has 1 heterocycles. The van der Waals surface area contributed by atoms with E-state index in [9.17, 15) is 4.79 Å². The molecule has 1 aliphatic heterocycles. The Labute approximate surface area is 105 Å². The smallest absolute Gasteiger partial charge is 0.221 e. The van der Waals surface area contributed by atoms with Crippen LogP contribution in [0.1, 0.15) is 46.5 Å². The van der Waals surface area contributed by atoms with E-state index in [1.54, 1.807) is 0 Å². The number of piperidine rings is 1. The van der Waals surface area contributed by atoms with Gasteiger partial charge in [0.25, 0.3) is 0 Å². The third kappa shape index (κ3) is 5.04. The summed E-state index contributed by atoms with van der Waals surface area (Å²) in [5.41, 5.74) is 5.77. The summed E-state index contributed by atoms with van der Waals surface area (Å²) < 4.78 is 0. The van der Waals surface area contributed by atoms with Crippen LogP contribution >= 0.6 is 0 Å². The van der Waals surface area contributed by atoms with Crippen LogP contribution in [-0.2, 0) is 4.79 Å². The number of hydrogen-bond donors (Lipinski definition) is 2. The van der Waals surface area contributed by atoms with E-state index in [1.165, 1.54) is 0 Å². The quantitative estimate of drug-likeness (QED) is 0.758. The zero-order valence-corrected chi connectivity index (χ0v) is 11.4. The van der Waals surface area contributed by atoms with E-state index in [0.29, 0.717) is 18.5 Å². The number of rotatable bonds is 5. The van der Waals surface area contributed by atoms with Crippen molar-refractivity contribution in [3.05, 3.63) is 0 Å². The van der Waals surface area contributed by atoms with Gasteiger partial charge in [-0.2, -0.15) is 0 Å². The van der Waals surface area contributed by atoms with Gasteiger partial charge in [-0.3, -0.25) is 4.79 Å². The molecule has 100 valence electrons. The topological polar surface area (TPSA) is 58.4 Å². The van der Waals surface area contributed by atoms with Crippen LogP contribution in [0.4, 0.5) is 0 Å². The number of nitrogens with one attached hydrogen (secondary N) is 1.